The number of hydrazine groups is 1. The number of hydrogen-bond donors (Lipinski definition) is 2. The first kappa shape index (κ1) is 12.9. The number of benzene rings is 2. The Labute approximate surface area is 111 Å². The number of hydrogen-bond acceptors (Lipinski definition) is 3. The number of halogens is 1. The van der Waals surface area contributed by atoms with E-state index in [1.54, 1.807) is 42.5 Å². The fourth-order valence-corrected chi connectivity index (χ4v) is 2.40. The van der Waals surface area contributed by atoms with Crippen LogP contribution in [-0.4, -0.2) is 8.42 Å². The van der Waals surface area contributed by atoms with Crippen molar-refractivity contribution >= 4 is 27.3 Å². The Morgan fingerprint density at radius 2 is 1.50 bits per heavy atom. The van der Waals surface area contributed by atoms with Gasteiger partial charge in [-0.25, -0.2) is 8.42 Å². The molecule has 4 nitrogen and oxygen atoms in total. The number of sulfonamides is 1. The van der Waals surface area contributed by atoms with E-state index >= 15 is 0 Å². The Kier molecular flexibility index (Phi) is 3.86. The van der Waals surface area contributed by atoms with E-state index < -0.39 is 10.0 Å². The summed E-state index contributed by atoms with van der Waals surface area (Å²) in [6.45, 7) is 0. The number of para-hydroxylation sites is 1. The Morgan fingerprint density at radius 1 is 0.889 bits per heavy atom. The van der Waals surface area contributed by atoms with Crippen LogP contribution in [0.5, 0.6) is 0 Å². The van der Waals surface area contributed by atoms with Crippen LogP contribution < -0.4 is 10.3 Å². The van der Waals surface area contributed by atoms with Crippen LogP contribution in [0.1, 0.15) is 0 Å². The molecule has 0 saturated carbocycles. The monoisotopic (exact) mass is 282 g/mol. The summed E-state index contributed by atoms with van der Waals surface area (Å²) in [6.07, 6.45) is 0. The molecule has 2 rings (SSSR count). The predicted octanol–water partition coefficient (Wildman–Crippen LogP) is 2.65. The van der Waals surface area contributed by atoms with Crippen LogP contribution >= 0.6 is 11.6 Å². The highest BCUT2D eigenvalue weighted by atomic mass is 35.5. The molecule has 0 aliphatic rings. The summed E-state index contributed by atoms with van der Waals surface area (Å²) >= 11 is 5.90. The summed E-state index contributed by atoms with van der Waals surface area (Å²) in [5.74, 6) is 0. The van der Waals surface area contributed by atoms with Crippen molar-refractivity contribution < 1.29 is 8.42 Å². The second kappa shape index (κ2) is 5.39. The van der Waals surface area contributed by atoms with E-state index in [1.807, 2.05) is 0 Å². The molecule has 0 saturated heterocycles. The molecule has 0 heterocycles. The maximum atomic E-state index is 11.9. The van der Waals surface area contributed by atoms with Crippen LogP contribution in [0, 0.1) is 0 Å². The molecule has 0 fully saturated rings. The van der Waals surface area contributed by atoms with Crippen LogP contribution in [0.2, 0.25) is 5.02 Å². The van der Waals surface area contributed by atoms with Crippen molar-refractivity contribution in [1.29, 1.82) is 0 Å². The number of rotatable bonds is 4. The minimum absolute atomic E-state index is 0.185. The standard InChI is InChI=1S/C12H11ClN2O2S/c13-11-8-4-5-9-12(11)14-15-18(16,17)10-6-2-1-3-7-10/h1-9,14-15H. The van der Waals surface area contributed by atoms with E-state index in [4.69, 9.17) is 11.6 Å². The van der Waals surface area contributed by atoms with Crippen molar-refractivity contribution in [2.75, 3.05) is 5.43 Å². The molecule has 6 heteroatoms. The second-order valence-electron chi connectivity index (χ2n) is 3.52. The highest BCUT2D eigenvalue weighted by Crippen LogP contribution is 2.20. The number of anilines is 1. The third kappa shape index (κ3) is 3.01. The van der Waals surface area contributed by atoms with Gasteiger partial charge in [0.2, 0.25) is 0 Å². The van der Waals surface area contributed by atoms with Gasteiger partial charge in [0.05, 0.1) is 15.6 Å². The highest BCUT2D eigenvalue weighted by molar-refractivity contribution is 7.89. The zero-order valence-electron chi connectivity index (χ0n) is 9.30. The minimum atomic E-state index is -3.59. The maximum Gasteiger partial charge on any atom is 0.257 e. The summed E-state index contributed by atoms with van der Waals surface area (Å²) in [6, 6.07) is 14.9. The Balaban J connectivity index is 2.14. The molecule has 0 unspecified atom stereocenters. The summed E-state index contributed by atoms with van der Waals surface area (Å²) < 4.78 is 23.8. The largest absolute Gasteiger partial charge is 0.306 e. The third-order valence-corrected chi connectivity index (χ3v) is 3.84. The van der Waals surface area contributed by atoms with Crippen molar-refractivity contribution in [3.8, 4) is 0 Å². The van der Waals surface area contributed by atoms with Gasteiger partial charge >= 0.3 is 0 Å². The first-order chi connectivity index (χ1) is 8.59. The lowest BCUT2D eigenvalue weighted by atomic mass is 10.3. The predicted molar refractivity (Wildman–Crippen MR) is 71.8 cm³/mol. The quantitative estimate of drug-likeness (QED) is 0.848. The van der Waals surface area contributed by atoms with Crippen LogP contribution in [-0.2, 0) is 10.0 Å². The van der Waals surface area contributed by atoms with Crippen LogP contribution in [0.3, 0.4) is 0 Å². The first-order valence-corrected chi connectivity index (χ1v) is 7.03. The van der Waals surface area contributed by atoms with Crippen molar-refractivity contribution in [2.24, 2.45) is 0 Å². The average molecular weight is 283 g/mol. The Morgan fingerprint density at radius 3 is 2.17 bits per heavy atom. The van der Waals surface area contributed by atoms with Gasteiger partial charge < -0.3 is 5.43 Å². The molecule has 0 aliphatic heterocycles. The molecule has 2 aromatic rings. The molecule has 2 aromatic carbocycles. The van der Waals surface area contributed by atoms with Gasteiger partial charge in [-0.05, 0) is 24.3 Å². The first-order valence-electron chi connectivity index (χ1n) is 5.17. The lowest BCUT2D eigenvalue weighted by molar-refractivity contribution is 0.588. The topological polar surface area (TPSA) is 58.2 Å². The Hall–Kier alpha value is -1.56. The molecule has 0 aliphatic carbocycles. The lowest BCUT2D eigenvalue weighted by Crippen LogP contribution is -2.29. The molecule has 0 spiro atoms. The lowest BCUT2D eigenvalue weighted by Gasteiger charge is -2.10. The molecule has 2 N–H and O–H groups in total. The SMILES string of the molecule is O=S(=O)(NNc1ccccc1Cl)c1ccccc1. The molecule has 0 bridgehead atoms. The zero-order chi connectivity index (χ0) is 13.0. The summed E-state index contributed by atoms with van der Waals surface area (Å²) in [7, 11) is -3.59. The minimum Gasteiger partial charge on any atom is -0.306 e. The van der Waals surface area contributed by atoms with Crippen LogP contribution in [0.25, 0.3) is 0 Å². The molecular weight excluding hydrogens is 272 g/mol. The smallest absolute Gasteiger partial charge is 0.257 e. The summed E-state index contributed by atoms with van der Waals surface area (Å²) in [5, 5.41) is 0.438. The van der Waals surface area contributed by atoms with E-state index in [0.717, 1.165) is 0 Å². The average Bonchev–Trinajstić information content (AvgIpc) is 2.39. The van der Waals surface area contributed by atoms with Gasteiger partial charge in [0, 0.05) is 0 Å². The molecule has 0 amide bonds. The molecule has 0 aromatic heterocycles. The molecule has 0 radical (unpaired) electrons. The van der Waals surface area contributed by atoms with E-state index in [1.165, 1.54) is 12.1 Å². The van der Waals surface area contributed by atoms with Gasteiger partial charge in [-0.1, -0.05) is 41.9 Å². The molecule has 94 valence electrons. The molecular formula is C12H11ClN2O2S. The molecule has 0 atom stereocenters. The maximum absolute atomic E-state index is 11.9. The fourth-order valence-electron chi connectivity index (χ4n) is 1.34. The number of nitrogens with one attached hydrogen (secondary N) is 2. The van der Waals surface area contributed by atoms with E-state index in [0.29, 0.717) is 10.7 Å². The third-order valence-electron chi connectivity index (χ3n) is 2.25. The highest BCUT2D eigenvalue weighted by Gasteiger charge is 2.12. The van der Waals surface area contributed by atoms with E-state index in [9.17, 15) is 8.42 Å². The van der Waals surface area contributed by atoms with Gasteiger partial charge in [-0.3, -0.25) is 0 Å². The van der Waals surface area contributed by atoms with Crippen LogP contribution in [0.4, 0.5) is 5.69 Å². The van der Waals surface area contributed by atoms with E-state index in [2.05, 4.69) is 10.3 Å². The molecule has 18 heavy (non-hydrogen) atoms. The fraction of sp³-hybridized carbons (Fsp3) is 0. The summed E-state index contributed by atoms with van der Waals surface area (Å²) in [4.78, 5) is 2.45. The Bertz CT molecular complexity index is 630. The van der Waals surface area contributed by atoms with Gasteiger partial charge in [0.15, 0.2) is 0 Å². The van der Waals surface area contributed by atoms with Gasteiger partial charge in [-0.15, -0.1) is 4.83 Å². The van der Waals surface area contributed by atoms with Crippen molar-refractivity contribution in [1.82, 2.24) is 4.83 Å². The van der Waals surface area contributed by atoms with Gasteiger partial charge in [-0.2, -0.15) is 0 Å². The van der Waals surface area contributed by atoms with Gasteiger partial charge in [0.25, 0.3) is 10.0 Å². The summed E-state index contributed by atoms with van der Waals surface area (Å²) in [5.41, 5.74) is 3.08. The second-order valence-corrected chi connectivity index (χ2v) is 5.61. The van der Waals surface area contributed by atoms with Crippen molar-refractivity contribution in [3.63, 3.8) is 0 Å². The van der Waals surface area contributed by atoms with Gasteiger partial charge in [0.1, 0.15) is 0 Å². The van der Waals surface area contributed by atoms with Crippen molar-refractivity contribution in [3.05, 3.63) is 59.6 Å². The van der Waals surface area contributed by atoms with E-state index in [-0.39, 0.29) is 4.90 Å². The van der Waals surface area contributed by atoms with Crippen molar-refractivity contribution in [2.45, 2.75) is 4.90 Å². The van der Waals surface area contributed by atoms with Crippen LogP contribution in [0.15, 0.2) is 59.5 Å². The normalized spacial score (nSPS) is 11.2. The zero-order valence-corrected chi connectivity index (χ0v) is 10.9.